The number of carbonyl (C=O) groups excluding carboxylic acids is 1. The van der Waals surface area contributed by atoms with Crippen molar-refractivity contribution in [3.63, 3.8) is 0 Å². The Morgan fingerprint density at radius 1 is 1.13 bits per heavy atom. The van der Waals surface area contributed by atoms with Crippen molar-refractivity contribution in [1.29, 1.82) is 0 Å². The fourth-order valence-electron chi connectivity index (χ4n) is 5.00. The lowest BCUT2D eigenvalue weighted by Crippen LogP contribution is -2.52. The van der Waals surface area contributed by atoms with Crippen LogP contribution in [0.15, 0.2) is 24.5 Å². The summed E-state index contributed by atoms with van der Waals surface area (Å²) in [5, 5.41) is 0.712. The number of morpholine rings is 1. The van der Waals surface area contributed by atoms with Gasteiger partial charge in [0.05, 0.1) is 18.5 Å². The molecule has 2 aromatic rings. The lowest BCUT2D eigenvalue weighted by Gasteiger charge is -2.41. The minimum atomic E-state index is -3.34. The van der Waals surface area contributed by atoms with Gasteiger partial charge >= 0.3 is 0 Å². The van der Waals surface area contributed by atoms with E-state index in [0.29, 0.717) is 58.2 Å². The summed E-state index contributed by atoms with van der Waals surface area (Å²) >= 11 is 0. The monoisotopic (exact) mass is 432 g/mol. The fourth-order valence-corrected chi connectivity index (χ4v) is 7.09. The van der Waals surface area contributed by atoms with Crippen LogP contribution in [0, 0.1) is 5.92 Å². The van der Waals surface area contributed by atoms with Gasteiger partial charge in [-0.15, -0.1) is 0 Å². The van der Waals surface area contributed by atoms with Crippen molar-refractivity contribution in [1.82, 2.24) is 19.2 Å². The van der Waals surface area contributed by atoms with Gasteiger partial charge in [-0.2, -0.15) is 0 Å². The average Bonchev–Trinajstić information content (AvgIpc) is 3.17. The van der Waals surface area contributed by atoms with E-state index in [4.69, 9.17) is 4.74 Å². The molecule has 0 radical (unpaired) electrons. The molecule has 0 bridgehead atoms. The number of amides is 1. The predicted molar refractivity (Wildman–Crippen MR) is 112 cm³/mol. The van der Waals surface area contributed by atoms with Gasteiger partial charge in [0.2, 0.25) is 15.9 Å². The molecular weight excluding hydrogens is 404 g/mol. The van der Waals surface area contributed by atoms with Crippen LogP contribution in [0.25, 0.3) is 11.0 Å². The maximum Gasteiger partial charge on any atom is 0.225 e. The molecule has 1 amide bonds. The molecular formula is C21H28N4O4S. The maximum absolute atomic E-state index is 13.1. The summed E-state index contributed by atoms with van der Waals surface area (Å²) < 4.78 is 33.1. The second kappa shape index (κ2) is 7.94. The van der Waals surface area contributed by atoms with Crippen molar-refractivity contribution in [2.45, 2.75) is 36.9 Å². The lowest BCUT2D eigenvalue weighted by molar-refractivity contribution is -0.142. The largest absolute Gasteiger partial charge is 0.378 e. The summed E-state index contributed by atoms with van der Waals surface area (Å²) in [6.07, 6.45) is 6.31. The van der Waals surface area contributed by atoms with Crippen molar-refractivity contribution in [3.8, 4) is 0 Å². The first kappa shape index (κ1) is 20.0. The van der Waals surface area contributed by atoms with E-state index in [1.54, 1.807) is 10.5 Å². The summed E-state index contributed by atoms with van der Waals surface area (Å²) in [5.41, 5.74) is 2.11. The Labute approximate surface area is 176 Å². The smallest absolute Gasteiger partial charge is 0.225 e. The first-order chi connectivity index (χ1) is 14.5. The molecule has 0 atom stereocenters. The number of ether oxygens (including phenoxy) is 1. The number of sulfonamides is 1. The zero-order valence-electron chi connectivity index (χ0n) is 17.0. The van der Waals surface area contributed by atoms with E-state index in [0.717, 1.165) is 23.9 Å². The van der Waals surface area contributed by atoms with Crippen LogP contribution < -0.4 is 0 Å². The number of carbonyl (C=O) groups is 1. The second-order valence-electron chi connectivity index (χ2n) is 8.59. The molecule has 4 heterocycles. The quantitative estimate of drug-likeness (QED) is 0.794. The van der Waals surface area contributed by atoms with Crippen molar-refractivity contribution < 1.29 is 17.9 Å². The van der Waals surface area contributed by atoms with Crippen LogP contribution in [0.3, 0.4) is 0 Å². The first-order valence-electron chi connectivity index (χ1n) is 10.8. The van der Waals surface area contributed by atoms with Gasteiger partial charge in [0, 0.05) is 49.9 Å². The number of H-pyrrole nitrogens is 1. The molecule has 0 spiro atoms. The number of hydrogen-bond donors (Lipinski definition) is 1. The molecule has 2 aromatic heterocycles. The Morgan fingerprint density at radius 2 is 1.87 bits per heavy atom. The molecule has 9 heteroatoms. The number of fused-ring (bicyclic) bond motifs is 1. The zero-order chi connectivity index (χ0) is 20.7. The van der Waals surface area contributed by atoms with Crippen LogP contribution in [-0.2, 0) is 19.6 Å². The number of pyridine rings is 1. The van der Waals surface area contributed by atoms with Gasteiger partial charge in [0.1, 0.15) is 5.65 Å². The van der Waals surface area contributed by atoms with E-state index < -0.39 is 15.3 Å². The van der Waals surface area contributed by atoms with Crippen molar-refractivity contribution in [3.05, 3.63) is 30.1 Å². The molecule has 3 aliphatic rings. The highest BCUT2D eigenvalue weighted by molar-refractivity contribution is 7.89. The fraction of sp³-hybridized carbons (Fsp3) is 0.619. The lowest BCUT2D eigenvalue weighted by atomic mass is 9.83. The summed E-state index contributed by atoms with van der Waals surface area (Å²) in [7, 11) is -3.34. The number of piperidine rings is 1. The summed E-state index contributed by atoms with van der Waals surface area (Å²) in [5.74, 6) is 0.280. The number of aromatic nitrogens is 2. The van der Waals surface area contributed by atoms with Gasteiger partial charge in [-0.3, -0.25) is 4.79 Å². The van der Waals surface area contributed by atoms with Crippen LogP contribution in [0.2, 0.25) is 0 Å². The number of rotatable bonds is 4. The normalized spacial score (nSPS) is 26.6. The minimum Gasteiger partial charge on any atom is -0.378 e. The number of nitrogens with one attached hydrogen (secondary N) is 1. The molecule has 2 aliphatic heterocycles. The van der Waals surface area contributed by atoms with Crippen LogP contribution in [-0.4, -0.2) is 78.1 Å². The standard InChI is InChI=1S/C21H28N4O4S/c26-21(24-8-10-29-11-9-24)16-12-17(13-16)30(27,28)25-6-3-15(4-7-25)19-14-23-20-18(19)2-1-5-22-20/h1-2,5,14-17H,3-4,6-13H2,(H,22,23). The molecule has 1 aliphatic carbocycles. The Bertz CT molecular complexity index is 1020. The van der Waals surface area contributed by atoms with E-state index in [1.807, 2.05) is 17.2 Å². The molecule has 0 aromatic carbocycles. The molecule has 1 saturated carbocycles. The molecule has 162 valence electrons. The summed E-state index contributed by atoms with van der Waals surface area (Å²) in [6, 6.07) is 4.00. The Kier molecular flexibility index (Phi) is 5.28. The Hall–Kier alpha value is -1.97. The first-order valence-corrected chi connectivity index (χ1v) is 12.3. The van der Waals surface area contributed by atoms with Crippen LogP contribution in [0.1, 0.15) is 37.2 Å². The van der Waals surface area contributed by atoms with Gasteiger partial charge in [0.25, 0.3) is 0 Å². The molecule has 0 unspecified atom stereocenters. The maximum atomic E-state index is 13.1. The van der Waals surface area contributed by atoms with Crippen molar-refractivity contribution in [2.75, 3.05) is 39.4 Å². The Morgan fingerprint density at radius 3 is 2.60 bits per heavy atom. The third-order valence-electron chi connectivity index (χ3n) is 6.92. The predicted octanol–water partition coefficient (Wildman–Crippen LogP) is 1.71. The molecule has 5 rings (SSSR count). The highest BCUT2D eigenvalue weighted by atomic mass is 32.2. The molecule has 3 fully saturated rings. The molecule has 2 saturated heterocycles. The van der Waals surface area contributed by atoms with Gasteiger partial charge in [-0.1, -0.05) is 0 Å². The van der Waals surface area contributed by atoms with Crippen LogP contribution >= 0.6 is 0 Å². The SMILES string of the molecule is O=C(C1CC(S(=O)(=O)N2CCC(c3c[nH]c4ncccc34)CC2)C1)N1CCOCC1. The van der Waals surface area contributed by atoms with E-state index in [1.165, 1.54) is 5.56 Å². The van der Waals surface area contributed by atoms with Crippen LogP contribution in [0.4, 0.5) is 0 Å². The van der Waals surface area contributed by atoms with Crippen molar-refractivity contribution >= 4 is 27.0 Å². The Balaban J connectivity index is 1.17. The summed E-state index contributed by atoms with van der Waals surface area (Å²) in [4.78, 5) is 21.9. The number of hydrogen-bond acceptors (Lipinski definition) is 5. The zero-order valence-corrected chi connectivity index (χ0v) is 17.8. The van der Waals surface area contributed by atoms with Gasteiger partial charge in [0.15, 0.2) is 0 Å². The average molecular weight is 433 g/mol. The minimum absolute atomic E-state index is 0.0939. The second-order valence-corrected chi connectivity index (χ2v) is 10.8. The summed E-state index contributed by atoms with van der Waals surface area (Å²) in [6.45, 7) is 3.45. The van der Waals surface area contributed by atoms with E-state index in [9.17, 15) is 13.2 Å². The van der Waals surface area contributed by atoms with Gasteiger partial charge in [-0.25, -0.2) is 17.7 Å². The molecule has 8 nitrogen and oxygen atoms in total. The number of aromatic amines is 1. The number of nitrogens with zero attached hydrogens (tertiary/aromatic N) is 3. The van der Waals surface area contributed by atoms with Gasteiger partial charge < -0.3 is 14.6 Å². The van der Waals surface area contributed by atoms with Crippen molar-refractivity contribution in [2.24, 2.45) is 5.92 Å². The topological polar surface area (TPSA) is 95.6 Å². The highest BCUT2D eigenvalue weighted by Crippen LogP contribution is 2.39. The van der Waals surface area contributed by atoms with E-state index in [2.05, 4.69) is 16.0 Å². The van der Waals surface area contributed by atoms with Crippen LogP contribution in [0.5, 0.6) is 0 Å². The van der Waals surface area contributed by atoms with E-state index >= 15 is 0 Å². The highest BCUT2D eigenvalue weighted by Gasteiger charge is 2.46. The van der Waals surface area contributed by atoms with Gasteiger partial charge in [-0.05, 0) is 49.3 Å². The molecule has 1 N–H and O–H groups in total. The third kappa shape index (κ3) is 3.52. The third-order valence-corrected chi connectivity index (χ3v) is 9.24. The molecule has 30 heavy (non-hydrogen) atoms. The van der Waals surface area contributed by atoms with E-state index in [-0.39, 0.29) is 11.8 Å².